The SMILES string of the molecule is Nc1ccc(-c2cccc(Cl)c2)cc1Br. The lowest BCUT2D eigenvalue weighted by atomic mass is 10.1. The van der Waals surface area contributed by atoms with Gasteiger partial charge in [0.2, 0.25) is 0 Å². The van der Waals surface area contributed by atoms with Gasteiger partial charge in [-0.05, 0) is 51.3 Å². The fourth-order valence-electron chi connectivity index (χ4n) is 1.37. The van der Waals surface area contributed by atoms with E-state index >= 15 is 0 Å². The molecule has 1 nitrogen and oxygen atoms in total. The molecule has 0 saturated carbocycles. The zero-order valence-corrected chi connectivity index (χ0v) is 10.2. The minimum Gasteiger partial charge on any atom is -0.398 e. The fraction of sp³-hybridized carbons (Fsp3) is 0. The molecule has 0 aromatic heterocycles. The van der Waals surface area contributed by atoms with E-state index < -0.39 is 0 Å². The molecule has 0 unspecified atom stereocenters. The van der Waals surface area contributed by atoms with Crippen LogP contribution < -0.4 is 5.73 Å². The van der Waals surface area contributed by atoms with E-state index in [0.717, 1.165) is 26.3 Å². The highest BCUT2D eigenvalue weighted by molar-refractivity contribution is 9.10. The van der Waals surface area contributed by atoms with E-state index in [2.05, 4.69) is 15.9 Å². The molecule has 0 bridgehead atoms. The summed E-state index contributed by atoms with van der Waals surface area (Å²) in [7, 11) is 0. The van der Waals surface area contributed by atoms with Gasteiger partial charge in [-0.15, -0.1) is 0 Å². The number of benzene rings is 2. The quantitative estimate of drug-likeness (QED) is 0.773. The summed E-state index contributed by atoms with van der Waals surface area (Å²) in [5.74, 6) is 0. The Morgan fingerprint density at radius 1 is 1.00 bits per heavy atom. The molecule has 0 spiro atoms. The molecule has 3 heteroatoms. The van der Waals surface area contributed by atoms with Crippen LogP contribution in [0.2, 0.25) is 5.02 Å². The Morgan fingerprint density at radius 2 is 1.73 bits per heavy atom. The minimum atomic E-state index is 0.737. The van der Waals surface area contributed by atoms with Gasteiger partial charge in [-0.2, -0.15) is 0 Å². The maximum Gasteiger partial charge on any atom is 0.0458 e. The molecule has 0 amide bonds. The average Bonchev–Trinajstić information content (AvgIpc) is 2.22. The first-order valence-electron chi connectivity index (χ1n) is 4.48. The Hall–Kier alpha value is -0.990. The molecular formula is C12H9BrClN. The van der Waals surface area contributed by atoms with Crippen molar-refractivity contribution in [3.8, 4) is 11.1 Å². The number of nitrogen functional groups attached to an aromatic ring is 1. The van der Waals surface area contributed by atoms with E-state index in [4.69, 9.17) is 17.3 Å². The molecule has 0 aliphatic carbocycles. The number of rotatable bonds is 1. The molecular weight excluding hydrogens is 273 g/mol. The van der Waals surface area contributed by atoms with Crippen LogP contribution in [0, 0.1) is 0 Å². The van der Waals surface area contributed by atoms with Crippen LogP contribution in [0.1, 0.15) is 0 Å². The van der Waals surface area contributed by atoms with Crippen molar-refractivity contribution < 1.29 is 0 Å². The van der Waals surface area contributed by atoms with Crippen LogP contribution in [0.4, 0.5) is 5.69 Å². The third-order valence-corrected chi connectivity index (χ3v) is 3.08. The number of hydrogen-bond donors (Lipinski definition) is 1. The monoisotopic (exact) mass is 281 g/mol. The van der Waals surface area contributed by atoms with Gasteiger partial charge in [-0.3, -0.25) is 0 Å². The highest BCUT2D eigenvalue weighted by Crippen LogP contribution is 2.28. The maximum atomic E-state index is 5.93. The second-order valence-corrected chi connectivity index (χ2v) is 4.54. The first-order valence-corrected chi connectivity index (χ1v) is 5.65. The summed E-state index contributed by atoms with van der Waals surface area (Å²) in [6.45, 7) is 0. The summed E-state index contributed by atoms with van der Waals surface area (Å²) in [6.07, 6.45) is 0. The highest BCUT2D eigenvalue weighted by atomic mass is 79.9. The second kappa shape index (κ2) is 4.25. The van der Waals surface area contributed by atoms with Crippen molar-refractivity contribution >= 4 is 33.2 Å². The predicted octanol–water partition coefficient (Wildman–Crippen LogP) is 4.35. The summed E-state index contributed by atoms with van der Waals surface area (Å²) < 4.78 is 0.903. The van der Waals surface area contributed by atoms with Crippen molar-refractivity contribution in [2.75, 3.05) is 5.73 Å². The van der Waals surface area contributed by atoms with Gasteiger partial charge in [-0.25, -0.2) is 0 Å². The van der Waals surface area contributed by atoms with Crippen molar-refractivity contribution in [1.29, 1.82) is 0 Å². The normalized spacial score (nSPS) is 10.3. The third-order valence-electron chi connectivity index (χ3n) is 2.16. The van der Waals surface area contributed by atoms with Crippen LogP contribution in [-0.4, -0.2) is 0 Å². The van der Waals surface area contributed by atoms with Crippen LogP contribution in [-0.2, 0) is 0 Å². The van der Waals surface area contributed by atoms with Gasteiger partial charge >= 0.3 is 0 Å². The van der Waals surface area contributed by atoms with Crippen molar-refractivity contribution in [2.45, 2.75) is 0 Å². The molecule has 2 aromatic carbocycles. The van der Waals surface area contributed by atoms with Gasteiger partial charge in [0.05, 0.1) is 0 Å². The van der Waals surface area contributed by atoms with Gasteiger partial charge in [0.1, 0.15) is 0 Å². The van der Waals surface area contributed by atoms with E-state index in [-0.39, 0.29) is 0 Å². The zero-order valence-electron chi connectivity index (χ0n) is 7.87. The van der Waals surface area contributed by atoms with E-state index in [1.54, 1.807) is 0 Å². The Morgan fingerprint density at radius 3 is 2.40 bits per heavy atom. The van der Waals surface area contributed by atoms with Crippen LogP contribution in [0.5, 0.6) is 0 Å². The second-order valence-electron chi connectivity index (χ2n) is 3.25. The van der Waals surface area contributed by atoms with Crippen molar-refractivity contribution in [3.05, 3.63) is 52.0 Å². The number of hydrogen-bond acceptors (Lipinski definition) is 1. The van der Waals surface area contributed by atoms with Crippen LogP contribution in [0.25, 0.3) is 11.1 Å². The van der Waals surface area contributed by atoms with E-state index in [9.17, 15) is 0 Å². The van der Waals surface area contributed by atoms with Gasteiger partial charge in [0.25, 0.3) is 0 Å². The lowest BCUT2D eigenvalue weighted by Gasteiger charge is -2.04. The molecule has 0 atom stereocenters. The molecule has 0 fully saturated rings. The predicted molar refractivity (Wildman–Crippen MR) is 69.0 cm³/mol. The first kappa shape index (κ1) is 10.5. The maximum absolute atomic E-state index is 5.93. The van der Waals surface area contributed by atoms with Crippen LogP contribution in [0.3, 0.4) is 0 Å². The molecule has 0 aliphatic heterocycles. The Labute approximate surface area is 102 Å². The van der Waals surface area contributed by atoms with Gasteiger partial charge < -0.3 is 5.73 Å². The van der Waals surface area contributed by atoms with Crippen LogP contribution in [0.15, 0.2) is 46.9 Å². The molecule has 0 radical (unpaired) electrons. The fourth-order valence-corrected chi connectivity index (χ4v) is 1.94. The molecule has 2 aromatic rings. The Bertz CT molecular complexity index is 497. The Kier molecular flexibility index (Phi) is 2.98. The minimum absolute atomic E-state index is 0.737. The smallest absolute Gasteiger partial charge is 0.0458 e. The third kappa shape index (κ3) is 2.33. The molecule has 2 N–H and O–H groups in total. The van der Waals surface area contributed by atoms with Crippen molar-refractivity contribution in [3.63, 3.8) is 0 Å². The molecule has 0 saturated heterocycles. The van der Waals surface area contributed by atoms with Crippen LogP contribution >= 0.6 is 27.5 Å². The number of halogens is 2. The first-order chi connectivity index (χ1) is 7.16. The van der Waals surface area contributed by atoms with Crippen molar-refractivity contribution in [2.24, 2.45) is 0 Å². The summed E-state index contributed by atoms with van der Waals surface area (Å²) in [5.41, 5.74) is 8.64. The molecule has 2 rings (SSSR count). The van der Waals surface area contributed by atoms with E-state index in [1.807, 2.05) is 42.5 Å². The average molecular weight is 283 g/mol. The Balaban J connectivity index is 2.50. The standard InChI is InChI=1S/C12H9BrClN/c13-11-7-9(4-5-12(11)15)8-2-1-3-10(14)6-8/h1-7H,15H2. The summed E-state index contributed by atoms with van der Waals surface area (Å²) in [5, 5.41) is 0.737. The number of anilines is 1. The summed E-state index contributed by atoms with van der Waals surface area (Å²) in [6, 6.07) is 13.6. The van der Waals surface area contributed by atoms with Gasteiger partial charge in [0.15, 0.2) is 0 Å². The summed E-state index contributed by atoms with van der Waals surface area (Å²) >= 11 is 9.33. The topological polar surface area (TPSA) is 26.0 Å². The van der Waals surface area contributed by atoms with Crippen molar-refractivity contribution in [1.82, 2.24) is 0 Å². The van der Waals surface area contributed by atoms with Gasteiger partial charge in [0, 0.05) is 15.2 Å². The van der Waals surface area contributed by atoms with E-state index in [1.165, 1.54) is 0 Å². The van der Waals surface area contributed by atoms with Gasteiger partial charge in [-0.1, -0.05) is 29.8 Å². The van der Waals surface area contributed by atoms with E-state index in [0.29, 0.717) is 0 Å². The zero-order chi connectivity index (χ0) is 10.8. The molecule has 0 aliphatic rings. The molecule has 76 valence electrons. The molecule has 0 heterocycles. The lowest BCUT2D eigenvalue weighted by Crippen LogP contribution is -1.86. The molecule has 15 heavy (non-hydrogen) atoms. The lowest BCUT2D eigenvalue weighted by molar-refractivity contribution is 1.58. The highest BCUT2D eigenvalue weighted by Gasteiger charge is 2.01. The number of nitrogens with two attached hydrogens (primary N) is 1. The largest absolute Gasteiger partial charge is 0.398 e. The summed E-state index contributed by atoms with van der Waals surface area (Å²) in [4.78, 5) is 0.